The largest absolute Gasteiger partial charge is 0.454 e. The molecule has 6 nitrogen and oxygen atoms in total. The van der Waals surface area contributed by atoms with E-state index in [4.69, 9.17) is 4.42 Å². The first-order valence-corrected chi connectivity index (χ1v) is 9.56. The lowest BCUT2D eigenvalue weighted by Crippen LogP contribution is -2.32. The van der Waals surface area contributed by atoms with Gasteiger partial charge in [0.25, 0.3) is 5.91 Å². The lowest BCUT2D eigenvalue weighted by molar-refractivity contribution is -0.115. The SMILES string of the molecule is Cc1cccc(C(=O)NCC(=O)Nc2nc(-c3cc4ccccc4o3)cs2)c1. The number of benzene rings is 2. The highest BCUT2D eigenvalue weighted by molar-refractivity contribution is 7.14. The number of hydrogen-bond donors (Lipinski definition) is 2. The zero-order valence-electron chi connectivity index (χ0n) is 15.1. The molecule has 0 aliphatic heterocycles. The van der Waals surface area contributed by atoms with Gasteiger partial charge in [-0.1, -0.05) is 35.9 Å². The van der Waals surface area contributed by atoms with Crippen LogP contribution in [-0.2, 0) is 4.79 Å². The van der Waals surface area contributed by atoms with E-state index in [1.807, 2.05) is 48.7 Å². The van der Waals surface area contributed by atoms with Crippen LogP contribution in [0.5, 0.6) is 0 Å². The maximum atomic E-state index is 12.1. The molecule has 140 valence electrons. The molecule has 0 aliphatic carbocycles. The van der Waals surface area contributed by atoms with E-state index >= 15 is 0 Å². The van der Waals surface area contributed by atoms with Gasteiger partial charge >= 0.3 is 0 Å². The third-order valence-corrected chi connectivity index (χ3v) is 4.88. The van der Waals surface area contributed by atoms with Crippen LogP contribution in [0.2, 0.25) is 0 Å². The second-order valence-electron chi connectivity index (χ2n) is 6.29. The Morgan fingerprint density at radius 1 is 1.11 bits per heavy atom. The quantitative estimate of drug-likeness (QED) is 0.533. The molecule has 2 N–H and O–H groups in total. The van der Waals surface area contributed by atoms with Crippen molar-refractivity contribution < 1.29 is 14.0 Å². The molecule has 0 aliphatic rings. The summed E-state index contributed by atoms with van der Waals surface area (Å²) in [5.74, 6) is 0.0122. The lowest BCUT2D eigenvalue weighted by atomic mass is 10.1. The molecule has 4 rings (SSSR count). The predicted octanol–water partition coefficient (Wildman–Crippen LogP) is 4.23. The topological polar surface area (TPSA) is 84.2 Å². The fraction of sp³-hybridized carbons (Fsp3) is 0.0952. The van der Waals surface area contributed by atoms with Crippen molar-refractivity contribution in [3.8, 4) is 11.5 Å². The number of furan rings is 1. The van der Waals surface area contributed by atoms with Gasteiger partial charge in [0.2, 0.25) is 5.91 Å². The van der Waals surface area contributed by atoms with Crippen LogP contribution in [0.4, 0.5) is 5.13 Å². The number of amides is 2. The lowest BCUT2D eigenvalue weighted by Gasteiger charge is -2.05. The van der Waals surface area contributed by atoms with Crippen molar-refractivity contribution in [2.24, 2.45) is 0 Å². The van der Waals surface area contributed by atoms with Crippen LogP contribution in [0, 0.1) is 6.92 Å². The molecule has 0 bridgehead atoms. The highest BCUT2D eigenvalue weighted by atomic mass is 32.1. The fourth-order valence-electron chi connectivity index (χ4n) is 2.76. The van der Waals surface area contributed by atoms with Gasteiger partial charge in [-0.3, -0.25) is 9.59 Å². The Morgan fingerprint density at radius 3 is 2.79 bits per heavy atom. The summed E-state index contributed by atoms with van der Waals surface area (Å²) in [7, 11) is 0. The molecule has 0 spiro atoms. The van der Waals surface area contributed by atoms with E-state index < -0.39 is 0 Å². The normalized spacial score (nSPS) is 10.8. The minimum Gasteiger partial charge on any atom is -0.454 e. The molecule has 2 aromatic heterocycles. The number of rotatable bonds is 5. The minimum absolute atomic E-state index is 0.133. The summed E-state index contributed by atoms with van der Waals surface area (Å²) in [4.78, 5) is 28.6. The Morgan fingerprint density at radius 2 is 1.96 bits per heavy atom. The molecule has 0 saturated heterocycles. The average Bonchev–Trinajstić information content (AvgIpc) is 3.32. The van der Waals surface area contributed by atoms with Crippen LogP contribution in [-0.4, -0.2) is 23.3 Å². The van der Waals surface area contributed by atoms with Gasteiger partial charge in [0.05, 0.1) is 6.54 Å². The van der Waals surface area contributed by atoms with Gasteiger partial charge in [0.1, 0.15) is 11.3 Å². The van der Waals surface area contributed by atoms with Crippen LogP contribution in [0.1, 0.15) is 15.9 Å². The van der Waals surface area contributed by atoms with Crippen molar-refractivity contribution in [2.45, 2.75) is 6.92 Å². The summed E-state index contributed by atoms with van der Waals surface area (Å²) in [5, 5.41) is 8.57. The number of fused-ring (bicyclic) bond motifs is 1. The molecule has 28 heavy (non-hydrogen) atoms. The molecule has 0 saturated carbocycles. The van der Waals surface area contributed by atoms with Crippen LogP contribution >= 0.6 is 11.3 Å². The number of aryl methyl sites for hydroxylation is 1. The van der Waals surface area contributed by atoms with E-state index in [0.717, 1.165) is 16.5 Å². The third-order valence-electron chi connectivity index (χ3n) is 4.12. The molecule has 4 aromatic rings. The minimum atomic E-state index is -0.341. The maximum Gasteiger partial charge on any atom is 0.251 e. The van der Waals surface area contributed by atoms with Gasteiger partial charge in [-0.15, -0.1) is 11.3 Å². The summed E-state index contributed by atoms with van der Waals surface area (Å²) in [5.41, 5.74) is 2.95. The van der Waals surface area contributed by atoms with Gasteiger partial charge < -0.3 is 15.1 Å². The molecule has 0 unspecified atom stereocenters. The third kappa shape index (κ3) is 3.94. The van der Waals surface area contributed by atoms with Crippen LogP contribution < -0.4 is 10.6 Å². The van der Waals surface area contributed by atoms with Crippen molar-refractivity contribution in [1.29, 1.82) is 0 Å². The first kappa shape index (κ1) is 17.9. The van der Waals surface area contributed by atoms with Gasteiger partial charge in [0, 0.05) is 16.3 Å². The monoisotopic (exact) mass is 391 g/mol. The molecule has 0 atom stereocenters. The average molecular weight is 391 g/mol. The van der Waals surface area contributed by atoms with Crippen LogP contribution in [0.25, 0.3) is 22.4 Å². The second kappa shape index (κ2) is 7.66. The van der Waals surface area contributed by atoms with E-state index in [9.17, 15) is 9.59 Å². The molecule has 2 amide bonds. The van der Waals surface area contributed by atoms with E-state index in [1.54, 1.807) is 18.2 Å². The number of nitrogens with zero attached hydrogens (tertiary/aromatic N) is 1. The van der Waals surface area contributed by atoms with Crippen molar-refractivity contribution in [3.63, 3.8) is 0 Å². The summed E-state index contributed by atoms with van der Waals surface area (Å²) in [6.45, 7) is 1.78. The Bertz CT molecular complexity index is 1130. The van der Waals surface area contributed by atoms with Crippen molar-refractivity contribution in [2.75, 3.05) is 11.9 Å². The molecule has 2 aromatic carbocycles. The zero-order chi connectivity index (χ0) is 19.5. The molecular formula is C21H17N3O3S. The Labute approximate surface area is 165 Å². The number of aromatic nitrogens is 1. The standard InChI is InChI=1S/C21H17N3O3S/c1-13-5-4-7-15(9-13)20(26)22-11-19(25)24-21-23-16(12-28-21)18-10-14-6-2-3-8-17(14)27-18/h2-10,12H,11H2,1H3,(H,22,26)(H,23,24,25). The van der Waals surface area contributed by atoms with Gasteiger partial charge in [-0.25, -0.2) is 4.98 Å². The number of anilines is 1. The van der Waals surface area contributed by atoms with Gasteiger partial charge in [0.15, 0.2) is 10.9 Å². The Hall–Kier alpha value is -3.45. The van der Waals surface area contributed by atoms with E-state index in [1.165, 1.54) is 11.3 Å². The summed E-state index contributed by atoms with van der Waals surface area (Å²) in [6, 6.07) is 16.8. The summed E-state index contributed by atoms with van der Waals surface area (Å²) >= 11 is 1.30. The summed E-state index contributed by atoms with van der Waals surface area (Å²) < 4.78 is 5.78. The fourth-order valence-corrected chi connectivity index (χ4v) is 3.48. The van der Waals surface area contributed by atoms with E-state index in [0.29, 0.717) is 22.1 Å². The highest BCUT2D eigenvalue weighted by Gasteiger charge is 2.13. The first-order valence-electron chi connectivity index (χ1n) is 8.68. The number of carbonyl (C=O) groups is 2. The number of carbonyl (C=O) groups excluding carboxylic acids is 2. The van der Waals surface area contributed by atoms with Gasteiger partial charge in [-0.05, 0) is 31.2 Å². The van der Waals surface area contributed by atoms with Crippen molar-refractivity contribution >= 4 is 39.3 Å². The smallest absolute Gasteiger partial charge is 0.251 e. The highest BCUT2D eigenvalue weighted by Crippen LogP contribution is 2.30. The molecule has 2 heterocycles. The maximum absolute atomic E-state index is 12.1. The van der Waals surface area contributed by atoms with E-state index in [-0.39, 0.29) is 18.4 Å². The molecular weight excluding hydrogens is 374 g/mol. The van der Waals surface area contributed by atoms with Crippen molar-refractivity contribution in [3.05, 3.63) is 71.1 Å². The predicted molar refractivity (Wildman–Crippen MR) is 109 cm³/mol. The summed E-state index contributed by atoms with van der Waals surface area (Å²) in [6.07, 6.45) is 0. The number of thiazole rings is 1. The van der Waals surface area contributed by atoms with Gasteiger partial charge in [-0.2, -0.15) is 0 Å². The Balaban J connectivity index is 1.37. The first-order chi connectivity index (χ1) is 13.6. The van der Waals surface area contributed by atoms with Crippen molar-refractivity contribution in [1.82, 2.24) is 10.3 Å². The molecule has 0 radical (unpaired) electrons. The number of hydrogen-bond acceptors (Lipinski definition) is 5. The Kier molecular flexibility index (Phi) is 4.90. The molecule has 7 heteroatoms. The zero-order valence-corrected chi connectivity index (χ0v) is 15.9. The number of para-hydroxylation sites is 1. The number of nitrogens with one attached hydrogen (secondary N) is 2. The van der Waals surface area contributed by atoms with E-state index in [2.05, 4.69) is 15.6 Å². The van der Waals surface area contributed by atoms with Crippen LogP contribution in [0.15, 0.2) is 64.4 Å². The molecule has 0 fully saturated rings. The second-order valence-corrected chi connectivity index (χ2v) is 7.14. The van der Waals surface area contributed by atoms with Crippen LogP contribution in [0.3, 0.4) is 0 Å².